The summed E-state index contributed by atoms with van der Waals surface area (Å²) in [6.07, 6.45) is 6.11. The number of nitrogens with zero attached hydrogens (tertiary/aromatic N) is 3. The van der Waals surface area contributed by atoms with Gasteiger partial charge in [0.2, 0.25) is 0 Å². The number of nitrogens with one attached hydrogen (secondary N) is 1. The third-order valence-electron chi connectivity index (χ3n) is 5.18. The fourth-order valence-corrected chi connectivity index (χ4v) is 3.69. The first-order chi connectivity index (χ1) is 9.70. The van der Waals surface area contributed by atoms with Crippen LogP contribution in [0.2, 0.25) is 0 Å². The number of rotatable bonds is 2. The van der Waals surface area contributed by atoms with Gasteiger partial charge in [-0.3, -0.25) is 9.69 Å². The average Bonchev–Trinajstić information content (AvgIpc) is 3.18. The standard InChI is InChI=1S/C15H22N4O/c1-18-11-4-5-12(18)9-19(7-6-11)13-8-14(20)17-15(16-13)10-2-3-10/h8,10-12H,2-7,9H2,1H3,(H,16,17,20). The van der Waals surface area contributed by atoms with Gasteiger partial charge in [0.05, 0.1) is 0 Å². The van der Waals surface area contributed by atoms with Crippen molar-refractivity contribution >= 4 is 5.82 Å². The van der Waals surface area contributed by atoms with Gasteiger partial charge in [-0.15, -0.1) is 0 Å². The molecule has 2 saturated heterocycles. The molecule has 108 valence electrons. The highest BCUT2D eigenvalue weighted by Crippen LogP contribution is 2.38. The normalized spacial score (nSPS) is 30.6. The minimum atomic E-state index is -0.000314. The van der Waals surface area contributed by atoms with E-state index in [9.17, 15) is 4.79 Å². The molecule has 0 radical (unpaired) electrons. The lowest BCUT2D eigenvalue weighted by Crippen LogP contribution is -2.37. The summed E-state index contributed by atoms with van der Waals surface area (Å²) in [4.78, 5) is 24.3. The molecule has 3 aliphatic rings. The van der Waals surface area contributed by atoms with Crippen molar-refractivity contribution in [2.75, 3.05) is 25.0 Å². The Bertz CT molecular complexity index is 565. The first-order valence-electron chi connectivity index (χ1n) is 7.79. The van der Waals surface area contributed by atoms with Gasteiger partial charge in [-0.1, -0.05) is 0 Å². The van der Waals surface area contributed by atoms with Crippen molar-refractivity contribution in [3.63, 3.8) is 0 Å². The Balaban J connectivity index is 1.62. The molecular weight excluding hydrogens is 252 g/mol. The lowest BCUT2D eigenvalue weighted by molar-refractivity contribution is 0.254. The van der Waals surface area contributed by atoms with Crippen LogP contribution in [-0.4, -0.2) is 47.1 Å². The fraction of sp³-hybridized carbons (Fsp3) is 0.733. The summed E-state index contributed by atoms with van der Waals surface area (Å²) in [5, 5.41) is 0. The van der Waals surface area contributed by atoms with Crippen LogP contribution in [0.3, 0.4) is 0 Å². The quantitative estimate of drug-likeness (QED) is 0.884. The molecule has 20 heavy (non-hydrogen) atoms. The zero-order chi connectivity index (χ0) is 13.7. The zero-order valence-electron chi connectivity index (χ0n) is 12.0. The van der Waals surface area contributed by atoms with E-state index >= 15 is 0 Å². The van der Waals surface area contributed by atoms with Crippen molar-refractivity contribution < 1.29 is 0 Å². The third-order valence-corrected chi connectivity index (χ3v) is 5.18. The van der Waals surface area contributed by atoms with Gasteiger partial charge < -0.3 is 9.88 Å². The monoisotopic (exact) mass is 274 g/mol. The summed E-state index contributed by atoms with van der Waals surface area (Å²) >= 11 is 0. The predicted octanol–water partition coefficient (Wildman–Crippen LogP) is 1.32. The molecule has 3 fully saturated rings. The van der Waals surface area contributed by atoms with E-state index < -0.39 is 0 Å². The maximum Gasteiger partial charge on any atom is 0.252 e. The van der Waals surface area contributed by atoms with E-state index in [0.717, 1.165) is 30.8 Å². The van der Waals surface area contributed by atoms with Crippen molar-refractivity contribution in [3.05, 3.63) is 22.2 Å². The molecule has 1 N–H and O–H groups in total. The molecule has 2 unspecified atom stereocenters. The summed E-state index contributed by atoms with van der Waals surface area (Å²) in [7, 11) is 2.24. The number of hydrogen-bond donors (Lipinski definition) is 1. The minimum Gasteiger partial charge on any atom is -0.355 e. The van der Waals surface area contributed by atoms with E-state index in [1.807, 2.05) is 0 Å². The van der Waals surface area contributed by atoms with Gasteiger partial charge in [0.1, 0.15) is 11.6 Å². The van der Waals surface area contributed by atoms with E-state index in [2.05, 4.69) is 21.8 Å². The summed E-state index contributed by atoms with van der Waals surface area (Å²) in [5.74, 6) is 2.28. The van der Waals surface area contributed by atoms with Crippen LogP contribution < -0.4 is 10.5 Å². The molecule has 2 bridgehead atoms. The van der Waals surface area contributed by atoms with Gasteiger partial charge in [-0.05, 0) is 39.2 Å². The number of aromatic amines is 1. The summed E-state index contributed by atoms with van der Waals surface area (Å²) in [6, 6.07) is 3.01. The molecule has 1 saturated carbocycles. The highest BCUT2D eigenvalue weighted by molar-refractivity contribution is 5.39. The van der Waals surface area contributed by atoms with Gasteiger partial charge in [0.25, 0.3) is 5.56 Å². The largest absolute Gasteiger partial charge is 0.355 e. The molecule has 2 atom stereocenters. The molecule has 5 heteroatoms. The van der Waals surface area contributed by atoms with Crippen molar-refractivity contribution in [2.24, 2.45) is 0 Å². The maximum absolute atomic E-state index is 11.9. The Kier molecular flexibility index (Phi) is 2.84. The second kappa shape index (κ2) is 4.58. The first kappa shape index (κ1) is 12.4. The Morgan fingerprint density at radius 3 is 2.80 bits per heavy atom. The number of aromatic nitrogens is 2. The Morgan fingerprint density at radius 2 is 2.00 bits per heavy atom. The van der Waals surface area contributed by atoms with Crippen molar-refractivity contribution in [1.29, 1.82) is 0 Å². The molecule has 2 aliphatic heterocycles. The van der Waals surface area contributed by atoms with Crippen molar-refractivity contribution in [3.8, 4) is 0 Å². The average molecular weight is 274 g/mol. The number of H-pyrrole nitrogens is 1. The van der Waals surface area contributed by atoms with Gasteiger partial charge in [0, 0.05) is 37.2 Å². The lowest BCUT2D eigenvalue weighted by atomic mass is 10.1. The van der Waals surface area contributed by atoms with E-state index in [1.165, 1.54) is 32.1 Å². The van der Waals surface area contributed by atoms with Gasteiger partial charge >= 0.3 is 0 Å². The second-order valence-corrected chi connectivity index (χ2v) is 6.55. The molecule has 0 aromatic carbocycles. The van der Waals surface area contributed by atoms with Gasteiger partial charge in [-0.25, -0.2) is 4.98 Å². The van der Waals surface area contributed by atoms with Crippen LogP contribution in [0.1, 0.15) is 43.8 Å². The van der Waals surface area contributed by atoms with Crippen molar-refractivity contribution in [1.82, 2.24) is 14.9 Å². The van der Waals surface area contributed by atoms with Gasteiger partial charge in [-0.2, -0.15) is 0 Å². The second-order valence-electron chi connectivity index (χ2n) is 6.55. The van der Waals surface area contributed by atoms with Crippen LogP contribution in [0.4, 0.5) is 5.82 Å². The fourth-order valence-electron chi connectivity index (χ4n) is 3.69. The molecule has 5 nitrogen and oxygen atoms in total. The number of anilines is 1. The molecule has 1 aromatic rings. The number of hydrogen-bond acceptors (Lipinski definition) is 4. The molecule has 0 amide bonds. The molecular formula is C15H22N4O. The summed E-state index contributed by atoms with van der Waals surface area (Å²) in [5.41, 5.74) is -0.000314. The highest BCUT2D eigenvalue weighted by Gasteiger charge is 2.35. The van der Waals surface area contributed by atoms with Crippen LogP contribution in [-0.2, 0) is 0 Å². The lowest BCUT2D eigenvalue weighted by Gasteiger charge is -2.26. The van der Waals surface area contributed by atoms with Crippen LogP contribution in [0.25, 0.3) is 0 Å². The molecule has 1 aliphatic carbocycles. The highest BCUT2D eigenvalue weighted by atomic mass is 16.1. The van der Waals surface area contributed by atoms with Crippen molar-refractivity contribution in [2.45, 2.75) is 50.1 Å². The topological polar surface area (TPSA) is 52.2 Å². The summed E-state index contributed by atoms with van der Waals surface area (Å²) in [6.45, 7) is 2.03. The SMILES string of the molecule is CN1C2CCC1CN(c1cc(=O)[nH]c(C3CC3)n1)CC2. The van der Waals surface area contributed by atoms with Crippen LogP contribution in [0, 0.1) is 0 Å². The molecule has 3 heterocycles. The molecule has 1 aromatic heterocycles. The Hall–Kier alpha value is -1.36. The van der Waals surface area contributed by atoms with E-state index in [4.69, 9.17) is 4.98 Å². The third kappa shape index (κ3) is 2.14. The molecule has 0 spiro atoms. The molecule has 4 rings (SSSR count). The zero-order valence-corrected chi connectivity index (χ0v) is 12.0. The van der Waals surface area contributed by atoms with Crippen LogP contribution in [0.5, 0.6) is 0 Å². The smallest absolute Gasteiger partial charge is 0.252 e. The maximum atomic E-state index is 11.9. The van der Waals surface area contributed by atoms with Crippen LogP contribution >= 0.6 is 0 Å². The number of fused-ring (bicyclic) bond motifs is 2. The first-order valence-corrected chi connectivity index (χ1v) is 7.79. The van der Waals surface area contributed by atoms with E-state index in [-0.39, 0.29) is 5.56 Å². The number of likely N-dealkylation sites (N-methyl/N-ethyl adjacent to an activating group) is 1. The van der Waals surface area contributed by atoms with Gasteiger partial charge in [0.15, 0.2) is 0 Å². The predicted molar refractivity (Wildman–Crippen MR) is 78.2 cm³/mol. The van der Waals surface area contributed by atoms with Crippen LogP contribution in [0.15, 0.2) is 10.9 Å². The van der Waals surface area contributed by atoms with E-state index in [0.29, 0.717) is 12.0 Å². The Labute approximate surface area is 119 Å². The van der Waals surface area contributed by atoms with E-state index in [1.54, 1.807) is 6.07 Å². The Morgan fingerprint density at radius 1 is 1.20 bits per heavy atom. The summed E-state index contributed by atoms with van der Waals surface area (Å²) < 4.78 is 0. The minimum absolute atomic E-state index is 0.000314.